The number of Topliss-reactive ketones (excluding diaryl/α,β-unsaturated/α-hetero) is 1. The number of esters is 1. The zero-order valence-corrected chi connectivity index (χ0v) is 17.0. The summed E-state index contributed by atoms with van der Waals surface area (Å²) < 4.78 is 16.7. The number of benzene rings is 3. The average molecular weight is 421 g/mol. The molecule has 6 heteroatoms. The molecule has 1 heterocycles. The Labute approximate surface area is 178 Å². The summed E-state index contributed by atoms with van der Waals surface area (Å²) in [5, 5.41) is 0.440. The lowest BCUT2D eigenvalue weighted by atomic mass is 10.1. The third kappa shape index (κ3) is 3.67. The second-order valence-corrected chi connectivity index (χ2v) is 7.08. The van der Waals surface area contributed by atoms with Crippen LogP contribution in [-0.2, 0) is 0 Å². The van der Waals surface area contributed by atoms with E-state index in [1.807, 2.05) is 18.2 Å². The highest BCUT2D eigenvalue weighted by molar-refractivity contribution is 6.30. The van der Waals surface area contributed by atoms with Crippen LogP contribution in [0.4, 0.5) is 0 Å². The monoisotopic (exact) mass is 420 g/mol. The Balaban J connectivity index is 1.63. The Bertz CT molecular complexity index is 1200. The first-order valence-electron chi connectivity index (χ1n) is 9.16. The molecule has 5 nitrogen and oxygen atoms in total. The first kappa shape index (κ1) is 19.7. The summed E-state index contributed by atoms with van der Waals surface area (Å²) in [6, 6.07) is 17.0. The number of ether oxygens (including phenoxy) is 3. The number of methoxy groups -OCH3 is 1. The van der Waals surface area contributed by atoms with Crippen LogP contribution in [0.5, 0.6) is 17.2 Å². The molecule has 1 aliphatic heterocycles. The third-order valence-electron chi connectivity index (χ3n) is 4.73. The molecule has 0 fully saturated rings. The molecule has 0 N–H and O–H groups in total. The maximum Gasteiger partial charge on any atom is 0.343 e. The van der Waals surface area contributed by atoms with Crippen molar-refractivity contribution in [1.29, 1.82) is 0 Å². The number of hydrogen-bond donors (Lipinski definition) is 0. The summed E-state index contributed by atoms with van der Waals surface area (Å²) in [5.41, 5.74) is 2.02. The number of allylic oxidation sites excluding steroid dienone is 1. The van der Waals surface area contributed by atoms with Crippen LogP contribution in [0.3, 0.4) is 0 Å². The fourth-order valence-electron chi connectivity index (χ4n) is 3.18. The number of para-hydroxylation sites is 1. The van der Waals surface area contributed by atoms with E-state index in [4.69, 9.17) is 25.8 Å². The predicted octanol–water partition coefficient (Wildman–Crippen LogP) is 5.49. The molecule has 1 aliphatic rings. The van der Waals surface area contributed by atoms with E-state index in [1.54, 1.807) is 56.5 Å². The van der Waals surface area contributed by atoms with Crippen molar-refractivity contribution in [3.05, 3.63) is 93.7 Å². The van der Waals surface area contributed by atoms with Gasteiger partial charge in [0.15, 0.2) is 5.76 Å². The van der Waals surface area contributed by atoms with Crippen LogP contribution < -0.4 is 14.2 Å². The first-order chi connectivity index (χ1) is 14.5. The van der Waals surface area contributed by atoms with E-state index in [-0.39, 0.29) is 11.5 Å². The third-order valence-corrected chi connectivity index (χ3v) is 4.96. The lowest BCUT2D eigenvalue weighted by molar-refractivity contribution is 0.0733. The van der Waals surface area contributed by atoms with Crippen molar-refractivity contribution < 1.29 is 23.8 Å². The minimum Gasteiger partial charge on any atom is -0.496 e. The van der Waals surface area contributed by atoms with Gasteiger partial charge in [0.1, 0.15) is 17.2 Å². The van der Waals surface area contributed by atoms with Gasteiger partial charge in [-0.3, -0.25) is 4.79 Å². The van der Waals surface area contributed by atoms with Gasteiger partial charge in [-0.25, -0.2) is 4.79 Å². The molecule has 3 aromatic carbocycles. The Morgan fingerprint density at radius 3 is 2.60 bits per heavy atom. The van der Waals surface area contributed by atoms with E-state index >= 15 is 0 Å². The molecule has 30 heavy (non-hydrogen) atoms. The molecule has 0 aliphatic carbocycles. The lowest BCUT2D eigenvalue weighted by Gasteiger charge is -2.10. The lowest BCUT2D eigenvalue weighted by Crippen LogP contribution is -2.09. The molecule has 0 radical (unpaired) electrons. The Morgan fingerprint density at radius 1 is 1.03 bits per heavy atom. The van der Waals surface area contributed by atoms with Crippen molar-refractivity contribution in [1.82, 2.24) is 0 Å². The molecular weight excluding hydrogens is 404 g/mol. The molecule has 150 valence electrons. The summed E-state index contributed by atoms with van der Waals surface area (Å²) in [5.74, 6) is 0.699. The first-order valence-corrected chi connectivity index (χ1v) is 9.54. The largest absolute Gasteiger partial charge is 0.496 e. The van der Waals surface area contributed by atoms with Gasteiger partial charge >= 0.3 is 5.97 Å². The number of halogens is 1. The van der Waals surface area contributed by atoms with E-state index < -0.39 is 5.97 Å². The Kier molecular flexibility index (Phi) is 5.29. The van der Waals surface area contributed by atoms with Gasteiger partial charge < -0.3 is 14.2 Å². The molecule has 4 rings (SSSR count). The van der Waals surface area contributed by atoms with Gasteiger partial charge in [-0.2, -0.15) is 0 Å². The maximum atomic E-state index is 12.8. The van der Waals surface area contributed by atoms with Gasteiger partial charge in [0.2, 0.25) is 5.78 Å². The van der Waals surface area contributed by atoms with Crippen LogP contribution in [0, 0.1) is 6.92 Å². The molecule has 0 atom stereocenters. The number of fused-ring (bicyclic) bond motifs is 1. The number of ketones is 1. The topological polar surface area (TPSA) is 61.8 Å². The standard InChI is InChI=1S/C24H17ClO5/c1-14-19(30-24(27)16-7-5-8-17(25)12-16)11-10-18-22(26)21(29-23(14)18)13-15-6-3-4-9-20(15)28-2/h3-13H,1-2H3/b21-13-. The zero-order valence-electron chi connectivity index (χ0n) is 16.3. The van der Waals surface area contributed by atoms with Crippen LogP contribution in [0.1, 0.15) is 31.8 Å². The number of hydrogen-bond acceptors (Lipinski definition) is 5. The molecule has 0 aromatic heterocycles. The van der Waals surface area contributed by atoms with Crippen LogP contribution in [0.15, 0.2) is 66.4 Å². The molecule has 0 bridgehead atoms. The number of rotatable bonds is 4. The van der Waals surface area contributed by atoms with Gasteiger partial charge in [-0.15, -0.1) is 0 Å². The van der Waals surface area contributed by atoms with Crippen molar-refractivity contribution in [2.75, 3.05) is 7.11 Å². The summed E-state index contributed by atoms with van der Waals surface area (Å²) in [4.78, 5) is 25.2. The summed E-state index contributed by atoms with van der Waals surface area (Å²) in [6.45, 7) is 1.73. The quantitative estimate of drug-likeness (QED) is 0.317. The predicted molar refractivity (Wildman–Crippen MR) is 114 cm³/mol. The second kappa shape index (κ2) is 8.05. The van der Waals surface area contributed by atoms with Crippen molar-refractivity contribution in [3.8, 4) is 17.2 Å². The highest BCUT2D eigenvalue weighted by atomic mass is 35.5. The van der Waals surface area contributed by atoms with Gasteiger partial charge in [0.25, 0.3) is 0 Å². The van der Waals surface area contributed by atoms with E-state index in [1.165, 1.54) is 6.07 Å². The van der Waals surface area contributed by atoms with Crippen LogP contribution in [-0.4, -0.2) is 18.9 Å². The minimum atomic E-state index is -0.547. The van der Waals surface area contributed by atoms with Gasteiger partial charge in [-0.05, 0) is 49.4 Å². The normalized spacial score (nSPS) is 13.7. The molecule has 0 spiro atoms. The Morgan fingerprint density at radius 2 is 1.83 bits per heavy atom. The number of carbonyl (C=O) groups excluding carboxylic acids is 2. The molecule has 0 amide bonds. The SMILES string of the molecule is COc1ccccc1/C=C1\Oc2c(ccc(OC(=O)c3cccc(Cl)c3)c2C)C1=O. The fourth-order valence-corrected chi connectivity index (χ4v) is 3.37. The van der Waals surface area contributed by atoms with Crippen molar-refractivity contribution in [2.45, 2.75) is 6.92 Å². The molecule has 0 saturated heterocycles. The van der Waals surface area contributed by atoms with Gasteiger partial charge in [0, 0.05) is 16.1 Å². The summed E-state index contributed by atoms with van der Waals surface area (Å²) in [6.07, 6.45) is 1.64. The van der Waals surface area contributed by atoms with Crippen molar-refractivity contribution in [3.63, 3.8) is 0 Å². The maximum absolute atomic E-state index is 12.8. The van der Waals surface area contributed by atoms with Gasteiger partial charge in [0.05, 0.1) is 18.2 Å². The highest BCUT2D eigenvalue weighted by Crippen LogP contribution is 2.40. The molecule has 0 saturated carbocycles. The number of carbonyl (C=O) groups is 2. The Hall–Kier alpha value is -3.57. The smallest absolute Gasteiger partial charge is 0.343 e. The van der Waals surface area contributed by atoms with E-state index in [2.05, 4.69) is 0 Å². The van der Waals surface area contributed by atoms with Crippen LogP contribution >= 0.6 is 11.6 Å². The molecule has 0 unspecified atom stereocenters. The zero-order chi connectivity index (χ0) is 21.3. The average Bonchev–Trinajstić information content (AvgIpc) is 3.06. The van der Waals surface area contributed by atoms with Crippen LogP contribution in [0.25, 0.3) is 6.08 Å². The fraction of sp³-hybridized carbons (Fsp3) is 0.0833. The molecule has 3 aromatic rings. The summed E-state index contributed by atoms with van der Waals surface area (Å²) >= 11 is 5.94. The van der Waals surface area contributed by atoms with Crippen LogP contribution in [0.2, 0.25) is 5.02 Å². The summed E-state index contributed by atoms with van der Waals surface area (Å²) in [7, 11) is 1.56. The highest BCUT2D eigenvalue weighted by Gasteiger charge is 2.31. The molecular formula is C24H17ClO5. The minimum absolute atomic E-state index is 0.177. The van der Waals surface area contributed by atoms with Gasteiger partial charge in [-0.1, -0.05) is 35.9 Å². The van der Waals surface area contributed by atoms with E-state index in [9.17, 15) is 9.59 Å². The van der Waals surface area contributed by atoms with E-state index in [0.717, 1.165) is 5.56 Å². The van der Waals surface area contributed by atoms with E-state index in [0.29, 0.717) is 39.0 Å². The van der Waals surface area contributed by atoms with Crippen molar-refractivity contribution >= 4 is 29.4 Å². The second-order valence-electron chi connectivity index (χ2n) is 6.65. The van der Waals surface area contributed by atoms with Crippen molar-refractivity contribution in [2.24, 2.45) is 0 Å².